The molecule has 1 saturated carbocycles. The Bertz CT molecular complexity index is 404. The summed E-state index contributed by atoms with van der Waals surface area (Å²) in [5.41, 5.74) is 2.60. The Hall–Kier alpha value is -1.77. The first-order chi connectivity index (χ1) is 8.84. The SMILES string of the molecule is O=C(NC=C1CCCC1)NCCc1ccccc1. The molecule has 1 fully saturated rings. The van der Waals surface area contributed by atoms with Gasteiger partial charge in [0.15, 0.2) is 0 Å². The molecule has 18 heavy (non-hydrogen) atoms. The van der Waals surface area contributed by atoms with E-state index in [-0.39, 0.29) is 6.03 Å². The second-order valence-corrected chi connectivity index (χ2v) is 4.65. The van der Waals surface area contributed by atoms with Crippen molar-refractivity contribution in [2.45, 2.75) is 32.1 Å². The van der Waals surface area contributed by atoms with Crippen LogP contribution in [0.15, 0.2) is 42.1 Å². The highest BCUT2D eigenvalue weighted by Crippen LogP contribution is 2.22. The van der Waals surface area contributed by atoms with Crippen molar-refractivity contribution >= 4 is 6.03 Å². The maximum atomic E-state index is 11.5. The maximum absolute atomic E-state index is 11.5. The first-order valence-electron chi connectivity index (χ1n) is 6.61. The fraction of sp³-hybridized carbons (Fsp3) is 0.400. The van der Waals surface area contributed by atoms with Gasteiger partial charge in [-0.15, -0.1) is 0 Å². The molecule has 1 aromatic carbocycles. The lowest BCUT2D eigenvalue weighted by molar-refractivity contribution is 0.244. The highest BCUT2D eigenvalue weighted by Gasteiger charge is 2.06. The fourth-order valence-electron chi connectivity index (χ4n) is 2.16. The van der Waals surface area contributed by atoms with Gasteiger partial charge in [-0.1, -0.05) is 35.9 Å². The van der Waals surface area contributed by atoms with E-state index in [0.29, 0.717) is 6.54 Å². The van der Waals surface area contributed by atoms with Gasteiger partial charge in [-0.2, -0.15) is 0 Å². The number of nitrogens with one attached hydrogen (secondary N) is 2. The van der Waals surface area contributed by atoms with Crippen molar-refractivity contribution < 1.29 is 4.79 Å². The summed E-state index contributed by atoms with van der Waals surface area (Å²) in [7, 11) is 0. The number of amides is 2. The van der Waals surface area contributed by atoms with Crippen LogP contribution in [-0.2, 0) is 6.42 Å². The molecule has 2 rings (SSSR count). The molecule has 0 bridgehead atoms. The van der Waals surface area contributed by atoms with Crippen molar-refractivity contribution in [1.82, 2.24) is 10.6 Å². The van der Waals surface area contributed by atoms with Crippen LogP contribution in [0.2, 0.25) is 0 Å². The van der Waals surface area contributed by atoms with E-state index in [1.54, 1.807) is 0 Å². The molecular weight excluding hydrogens is 224 g/mol. The molecule has 96 valence electrons. The monoisotopic (exact) mass is 244 g/mol. The van der Waals surface area contributed by atoms with Crippen LogP contribution in [0.5, 0.6) is 0 Å². The minimum atomic E-state index is -0.106. The molecule has 3 nitrogen and oxygen atoms in total. The van der Waals surface area contributed by atoms with Crippen LogP contribution in [0.25, 0.3) is 0 Å². The van der Waals surface area contributed by atoms with Crippen molar-refractivity contribution in [2.75, 3.05) is 6.54 Å². The zero-order chi connectivity index (χ0) is 12.6. The van der Waals surface area contributed by atoms with Gasteiger partial charge in [0.05, 0.1) is 0 Å². The predicted molar refractivity (Wildman–Crippen MR) is 73.2 cm³/mol. The molecular formula is C15H20N2O. The lowest BCUT2D eigenvalue weighted by Crippen LogP contribution is -2.33. The van der Waals surface area contributed by atoms with Crippen molar-refractivity contribution in [3.8, 4) is 0 Å². The fourth-order valence-corrected chi connectivity index (χ4v) is 2.16. The topological polar surface area (TPSA) is 41.1 Å². The van der Waals surface area contributed by atoms with Gasteiger partial charge in [0.25, 0.3) is 0 Å². The molecule has 1 aromatic rings. The van der Waals surface area contributed by atoms with Gasteiger partial charge in [0.2, 0.25) is 0 Å². The number of urea groups is 1. The van der Waals surface area contributed by atoms with Gasteiger partial charge in [0.1, 0.15) is 0 Å². The second-order valence-electron chi connectivity index (χ2n) is 4.65. The van der Waals surface area contributed by atoms with E-state index < -0.39 is 0 Å². The molecule has 1 aliphatic carbocycles. The van der Waals surface area contributed by atoms with Crippen molar-refractivity contribution in [3.63, 3.8) is 0 Å². The number of hydrogen-bond donors (Lipinski definition) is 2. The van der Waals surface area contributed by atoms with Crippen molar-refractivity contribution in [1.29, 1.82) is 0 Å². The highest BCUT2D eigenvalue weighted by atomic mass is 16.2. The molecule has 0 spiro atoms. The lowest BCUT2D eigenvalue weighted by atomic mass is 10.1. The average molecular weight is 244 g/mol. The molecule has 0 atom stereocenters. The molecule has 2 amide bonds. The molecule has 0 radical (unpaired) electrons. The number of carbonyl (C=O) groups excluding carboxylic acids is 1. The summed E-state index contributed by atoms with van der Waals surface area (Å²) in [6.07, 6.45) is 7.50. The summed E-state index contributed by atoms with van der Waals surface area (Å²) in [6, 6.07) is 10.1. The van der Waals surface area contributed by atoms with Crippen LogP contribution in [0.3, 0.4) is 0 Å². The third-order valence-corrected chi connectivity index (χ3v) is 3.20. The molecule has 1 aliphatic rings. The molecule has 2 N–H and O–H groups in total. The molecule has 0 aromatic heterocycles. The largest absolute Gasteiger partial charge is 0.338 e. The number of benzene rings is 1. The Morgan fingerprint density at radius 3 is 2.61 bits per heavy atom. The van der Waals surface area contributed by atoms with Gasteiger partial charge in [-0.3, -0.25) is 0 Å². The van der Waals surface area contributed by atoms with E-state index in [0.717, 1.165) is 19.3 Å². The van der Waals surface area contributed by atoms with Crippen molar-refractivity contribution in [3.05, 3.63) is 47.7 Å². The van der Waals surface area contributed by atoms with E-state index in [4.69, 9.17) is 0 Å². The molecule has 0 heterocycles. The third-order valence-electron chi connectivity index (χ3n) is 3.20. The van der Waals surface area contributed by atoms with E-state index >= 15 is 0 Å². The Kier molecular flexibility index (Phi) is 4.82. The van der Waals surface area contributed by atoms with Crippen LogP contribution < -0.4 is 10.6 Å². The Morgan fingerprint density at radius 2 is 1.89 bits per heavy atom. The second kappa shape index (κ2) is 6.84. The van der Waals surface area contributed by atoms with Crippen LogP contribution >= 0.6 is 0 Å². The van der Waals surface area contributed by atoms with E-state index in [1.807, 2.05) is 24.4 Å². The smallest absolute Gasteiger partial charge is 0.318 e. The summed E-state index contributed by atoms with van der Waals surface area (Å²) in [4.78, 5) is 11.5. The summed E-state index contributed by atoms with van der Waals surface area (Å²) < 4.78 is 0. The van der Waals surface area contributed by atoms with Crippen LogP contribution in [0.4, 0.5) is 4.79 Å². The van der Waals surface area contributed by atoms with Crippen LogP contribution in [0.1, 0.15) is 31.2 Å². The Labute approximate surface area is 108 Å². The molecule has 0 aliphatic heterocycles. The third kappa shape index (κ3) is 4.24. The lowest BCUT2D eigenvalue weighted by Gasteiger charge is -2.05. The number of carbonyl (C=O) groups is 1. The highest BCUT2D eigenvalue weighted by molar-refractivity contribution is 5.74. The normalized spacial score (nSPS) is 14.3. The van der Waals surface area contributed by atoms with Gasteiger partial charge in [-0.05, 0) is 37.7 Å². The minimum absolute atomic E-state index is 0.106. The number of allylic oxidation sites excluding steroid dienone is 1. The zero-order valence-corrected chi connectivity index (χ0v) is 10.6. The molecule has 3 heteroatoms. The number of rotatable bonds is 4. The molecule has 0 unspecified atom stereocenters. The predicted octanol–water partition coefficient (Wildman–Crippen LogP) is 2.99. The summed E-state index contributed by atoms with van der Waals surface area (Å²) in [6.45, 7) is 0.666. The van der Waals surface area contributed by atoms with E-state index in [2.05, 4.69) is 22.8 Å². The summed E-state index contributed by atoms with van der Waals surface area (Å²) >= 11 is 0. The quantitative estimate of drug-likeness (QED) is 0.840. The Balaban J connectivity index is 1.64. The maximum Gasteiger partial charge on any atom is 0.318 e. The molecule has 0 saturated heterocycles. The standard InChI is InChI=1S/C15H20N2O/c18-15(17-12-14-8-4-5-9-14)16-11-10-13-6-2-1-3-7-13/h1-3,6-7,12H,4-5,8-11H2,(H2,16,17,18). The van der Waals surface area contributed by atoms with Gasteiger partial charge >= 0.3 is 6.03 Å². The van der Waals surface area contributed by atoms with Crippen LogP contribution in [0, 0.1) is 0 Å². The Morgan fingerprint density at radius 1 is 1.17 bits per heavy atom. The van der Waals surface area contributed by atoms with Gasteiger partial charge < -0.3 is 10.6 Å². The first kappa shape index (κ1) is 12.7. The number of hydrogen-bond acceptors (Lipinski definition) is 1. The zero-order valence-electron chi connectivity index (χ0n) is 10.6. The van der Waals surface area contributed by atoms with Crippen molar-refractivity contribution in [2.24, 2.45) is 0 Å². The van der Waals surface area contributed by atoms with E-state index in [9.17, 15) is 4.79 Å². The van der Waals surface area contributed by atoms with E-state index in [1.165, 1.54) is 24.0 Å². The van der Waals surface area contributed by atoms with Crippen LogP contribution in [-0.4, -0.2) is 12.6 Å². The first-order valence-corrected chi connectivity index (χ1v) is 6.61. The average Bonchev–Trinajstić information content (AvgIpc) is 2.91. The van der Waals surface area contributed by atoms with Gasteiger partial charge in [-0.25, -0.2) is 4.79 Å². The van der Waals surface area contributed by atoms with Gasteiger partial charge in [0, 0.05) is 12.7 Å². The minimum Gasteiger partial charge on any atom is -0.338 e. The summed E-state index contributed by atoms with van der Waals surface area (Å²) in [5, 5.41) is 5.66. The summed E-state index contributed by atoms with van der Waals surface area (Å²) in [5.74, 6) is 0.